The van der Waals surface area contributed by atoms with E-state index in [9.17, 15) is 19.5 Å². The molecule has 2 unspecified atom stereocenters. The number of carboxylic acids is 1. The molecule has 0 spiro atoms. The van der Waals surface area contributed by atoms with E-state index < -0.39 is 24.3 Å². The third-order valence-corrected chi connectivity index (χ3v) is 11.0. The number of unbranched alkanes of at least 4 members (excludes halogenated alkanes) is 21. The van der Waals surface area contributed by atoms with Crippen LogP contribution in [0.1, 0.15) is 206 Å². The molecule has 65 heavy (non-hydrogen) atoms. The zero-order chi connectivity index (χ0) is 47.7. The minimum Gasteiger partial charge on any atom is -0.477 e. The van der Waals surface area contributed by atoms with Gasteiger partial charge < -0.3 is 28.5 Å². The van der Waals surface area contributed by atoms with Gasteiger partial charge in [-0.15, -0.1) is 0 Å². The van der Waals surface area contributed by atoms with Crippen molar-refractivity contribution in [1.82, 2.24) is 0 Å². The standard InChI is InChI=1S/C56H97NO8/c1-6-8-10-12-14-16-18-20-22-23-24-25-26-27-28-29-30-31-33-34-36-38-40-42-44-46-53(58)63-50-52(51-64-56(55(60)61)62-49-48-57(3,4)5)65-54(59)47-45-43-41-39-37-35-32-21-19-17-15-13-11-9-7-2/h9,11,15,17,21,23-24,32,37,39,43,45,52,56H,6-8,10,12-14,16,18-20,22,25-31,33-36,38,40-42,44,46-51H2,1-5H3/p+1/b11-9-,17-15-,24-23-,32-21-,39-37-,45-43-. The van der Waals surface area contributed by atoms with Gasteiger partial charge in [0.25, 0.3) is 6.29 Å². The van der Waals surface area contributed by atoms with Gasteiger partial charge in [0.05, 0.1) is 40.8 Å². The number of nitrogens with zero attached hydrogens (tertiary/aromatic N) is 1. The summed E-state index contributed by atoms with van der Waals surface area (Å²) in [5, 5.41) is 9.65. The zero-order valence-electron chi connectivity index (χ0n) is 42.4. The summed E-state index contributed by atoms with van der Waals surface area (Å²) in [6, 6.07) is 0. The fraction of sp³-hybridized carbons (Fsp3) is 0.732. The van der Waals surface area contributed by atoms with Crippen molar-refractivity contribution in [2.75, 3.05) is 47.5 Å². The number of carbonyl (C=O) groups is 3. The van der Waals surface area contributed by atoms with Gasteiger partial charge in [-0.3, -0.25) is 9.59 Å². The van der Waals surface area contributed by atoms with Crippen LogP contribution >= 0.6 is 0 Å². The number of hydrogen-bond acceptors (Lipinski definition) is 7. The Kier molecular flexibility index (Phi) is 44.9. The molecule has 0 aliphatic rings. The zero-order valence-corrected chi connectivity index (χ0v) is 42.4. The van der Waals surface area contributed by atoms with E-state index in [4.69, 9.17) is 18.9 Å². The summed E-state index contributed by atoms with van der Waals surface area (Å²) < 4.78 is 22.6. The molecule has 0 aromatic rings. The summed E-state index contributed by atoms with van der Waals surface area (Å²) in [7, 11) is 5.93. The van der Waals surface area contributed by atoms with E-state index in [2.05, 4.69) is 68.5 Å². The van der Waals surface area contributed by atoms with Crippen molar-refractivity contribution in [3.8, 4) is 0 Å². The lowest BCUT2D eigenvalue weighted by Crippen LogP contribution is -2.40. The maximum absolute atomic E-state index is 12.7. The van der Waals surface area contributed by atoms with Crippen molar-refractivity contribution < 1.29 is 42.9 Å². The highest BCUT2D eigenvalue weighted by atomic mass is 16.7. The third-order valence-electron chi connectivity index (χ3n) is 11.0. The Balaban J connectivity index is 4.33. The lowest BCUT2D eigenvalue weighted by Gasteiger charge is -2.25. The van der Waals surface area contributed by atoms with E-state index >= 15 is 0 Å². The molecule has 0 saturated carbocycles. The average molecular weight is 913 g/mol. The van der Waals surface area contributed by atoms with Crippen LogP contribution in [0.15, 0.2) is 72.9 Å². The molecule has 2 atom stereocenters. The Morgan fingerprint density at radius 2 is 0.923 bits per heavy atom. The van der Waals surface area contributed by atoms with Crippen molar-refractivity contribution in [3.05, 3.63) is 72.9 Å². The fourth-order valence-corrected chi connectivity index (χ4v) is 6.97. The highest BCUT2D eigenvalue weighted by molar-refractivity contribution is 5.72. The first-order valence-electron chi connectivity index (χ1n) is 26.1. The Labute approximate surface area is 398 Å². The van der Waals surface area contributed by atoms with Gasteiger partial charge in [0.15, 0.2) is 6.10 Å². The van der Waals surface area contributed by atoms with E-state index in [1.54, 1.807) is 6.08 Å². The van der Waals surface area contributed by atoms with Crippen molar-refractivity contribution in [2.45, 2.75) is 219 Å². The molecule has 0 fully saturated rings. The molecule has 0 radical (unpaired) electrons. The second-order valence-corrected chi connectivity index (χ2v) is 18.5. The Morgan fingerprint density at radius 3 is 1.37 bits per heavy atom. The van der Waals surface area contributed by atoms with Gasteiger partial charge in [-0.05, 0) is 64.2 Å². The monoisotopic (exact) mass is 913 g/mol. The van der Waals surface area contributed by atoms with Crippen LogP contribution in [0.5, 0.6) is 0 Å². The van der Waals surface area contributed by atoms with Crippen LogP contribution in [-0.4, -0.2) is 87.4 Å². The summed E-state index contributed by atoms with van der Waals surface area (Å²) in [6.07, 6.45) is 57.3. The first-order chi connectivity index (χ1) is 31.6. The van der Waals surface area contributed by atoms with Gasteiger partial charge >= 0.3 is 17.9 Å². The highest BCUT2D eigenvalue weighted by Crippen LogP contribution is 2.15. The van der Waals surface area contributed by atoms with Crippen molar-refractivity contribution in [1.29, 1.82) is 0 Å². The van der Waals surface area contributed by atoms with Crippen LogP contribution in [0.2, 0.25) is 0 Å². The average Bonchev–Trinajstić information content (AvgIpc) is 3.27. The second kappa shape index (κ2) is 47.2. The van der Waals surface area contributed by atoms with Crippen LogP contribution in [0.25, 0.3) is 0 Å². The van der Waals surface area contributed by atoms with E-state index in [0.29, 0.717) is 17.4 Å². The van der Waals surface area contributed by atoms with Crippen molar-refractivity contribution in [2.24, 2.45) is 0 Å². The molecule has 0 aromatic carbocycles. The molecule has 0 amide bonds. The van der Waals surface area contributed by atoms with Gasteiger partial charge in [-0.2, -0.15) is 0 Å². The number of hydrogen-bond donors (Lipinski definition) is 1. The molecule has 0 saturated heterocycles. The molecule has 374 valence electrons. The number of quaternary nitrogens is 1. The van der Waals surface area contributed by atoms with Gasteiger partial charge in [-0.25, -0.2) is 4.79 Å². The maximum atomic E-state index is 12.7. The normalized spacial score (nSPS) is 13.4. The van der Waals surface area contributed by atoms with Gasteiger partial charge in [0.2, 0.25) is 0 Å². The summed E-state index contributed by atoms with van der Waals surface area (Å²) in [5.41, 5.74) is 0. The van der Waals surface area contributed by atoms with E-state index in [0.717, 1.165) is 44.9 Å². The summed E-state index contributed by atoms with van der Waals surface area (Å²) in [6.45, 7) is 4.65. The smallest absolute Gasteiger partial charge is 0.361 e. The van der Waals surface area contributed by atoms with Crippen LogP contribution in [0, 0.1) is 0 Å². The topological polar surface area (TPSA) is 108 Å². The number of ether oxygens (including phenoxy) is 4. The van der Waals surface area contributed by atoms with Gasteiger partial charge in [-0.1, -0.05) is 202 Å². The molecule has 0 aliphatic heterocycles. The second-order valence-electron chi connectivity index (χ2n) is 18.5. The molecular formula is C56H98NO8+. The van der Waals surface area contributed by atoms with E-state index in [1.165, 1.54) is 128 Å². The largest absolute Gasteiger partial charge is 0.477 e. The Hall–Kier alpha value is -3.27. The van der Waals surface area contributed by atoms with Crippen LogP contribution in [-0.2, 0) is 33.3 Å². The number of carboxylic acid groups (broad SMARTS) is 1. The lowest BCUT2D eigenvalue weighted by atomic mass is 10.0. The predicted octanol–water partition coefficient (Wildman–Crippen LogP) is 14.7. The molecule has 0 bridgehead atoms. The molecule has 9 nitrogen and oxygen atoms in total. The van der Waals surface area contributed by atoms with Crippen molar-refractivity contribution in [3.63, 3.8) is 0 Å². The fourth-order valence-electron chi connectivity index (χ4n) is 6.97. The molecular weight excluding hydrogens is 815 g/mol. The number of carbonyl (C=O) groups excluding carboxylic acids is 2. The number of allylic oxidation sites excluding steroid dienone is 11. The minimum absolute atomic E-state index is 0.0259. The van der Waals surface area contributed by atoms with Crippen LogP contribution in [0.3, 0.4) is 0 Å². The maximum Gasteiger partial charge on any atom is 0.361 e. The number of likely N-dealkylation sites (N-methyl/N-ethyl adjacent to an activating group) is 1. The first-order valence-corrected chi connectivity index (χ1v) is 26.1. The van der Waals surface area contributed by atoms with Crippen molar-refractivity contribution >= 4 is 17.9 Å². The van der Waals surface area contributed by atoms with Gasteiger partial charge in [0, 0.05) is 6.42 Å². The lowest BCUT2D eigenvalue weighted by molar-refractivity contribution is -0.870. The molecule has 0 heterocycles. The quantitative estimate of drug-likeness (QED) is 0.0211. The SMILES string of the molecule is CC/C=C\C/C=C\C/C=C\C/C=C\C/C=C\CC(=O)OC(COC(=O)CCCCCCCCCCCCCCC/C=C\CCCCCCCCCC)COC(OCC[N+](C)(C)C)C(=O)O. The third kappa shape index (κ3) is 48.5. The predicted molar refractivity (Wildman–Crippen MR) is 272 cm³/mol. The number of esters is 2. The number of aliphatic carboxylic acids is 1. The van der Waals surface area contributed by atoms with Gasteiger partial charge in [0.1, 0.15) is 13.2 Å². The summed E-state index contributed by atoms with van der Waals surface area (Å²) >= 11 is 0. The molecule has 0 aliphatic carbocycles. The van der Waals surface area contributed by atoms with E-state index in [-0.39, 0.29) is 38.6 Å². The minimum atomic E-state index is -1.54. The van der Waals surface area contributed by atoms with Crippen LogP contribution < -0.4 is 0 Å². The molecule has 1 N–H and O–H groups in total. The number of rotatable bonds is 47. The molecule has 9 heteroatoms. The first kappa shape index (κ1) is 61.7. The summed E-state index contributed by atoms with van der Waals surface area (Å²) in [4.78, 5) is 37.2. The highest BCUT2D eigenvalue weighted by Gasteiger charge is 2.25. The van der Waals surface area contributed by atoms with E-state index in [1.807, 2.05) is 33.3 Å². The molecule has 0 rings (SSSR count). The van der Waals surface area contributed by atoms with Crippen LogP contribution in [0.4, 0.5) is 0 Å². The Morgan fingerprint density at radius 1 is 0.492 bits per heavy atom. The Bertz CT molecular complexity index is 1290. The summed E-state index contributed by atoms with van der Waals surface area (Å²) in [5.74, 6) is -2.17. The molecule has 0 aromatic heterocycles.